The van der Waals surface area contributed by atoms with Crippen molar-refractivity contribution >= 4 is 11.9 Å². The summed E-state index contributed by atoms with van der Waals surface area (Å²) >= 11 is 0. The Balaban J connectivity index is 1.96. The van der Waals surface area contributed by atoms with E-state index in [1.54, 1.807) is 13.0 Å². The molecule has 28 heavy (non-hydrogen) atoms. The van der Waals surface area contributed by atoms with Crippen molar-refractivity contribution in [1.82, 2.24) is 10.5 Å². The van der Waals surface area contributed by atoms with Crippen molar-refractivity contribution in [3.05, 3.63) is 46.8 Å². The van der Waals surface area contributed by atoms with Crippen molar-refractivity contribution in [2.24, 2.45) is 5.92 Å². The lowest BCUT2D eigenvalue weighted by Gasteiger charge is -2.20. The number of esters is 1. The van der Waals surface area contributed by atoms with Crippen LogP contribution in [0.15, 0.2) is 28.8 Å². The Labute approximate surface area is 165 Å². The molecule has 0 fully saturated rings. The fourth-order valence-corrected chi connectivity index (χ4v) is 2.59. The zero-order valence-electron chi connectivity index (χ0n) is 17.1. The van der Waals surface area contributed by atoms with Crippen LogP contribution in [0.5, 0.6) is 5.75 Å². The van der Waals surface area contributed by atoms with Crippen molar-refractivity contribution in [2.45, 2.75) is 53.7 Å². The van der Waals surface area contributed by atoms with E-state index in [2.05, 4.69) is 10.5 Å². The van der Waals surface area contributed by atoms with Gasteiger partial charge in [-0.25, -0.2) is 0 Å². The van der Waals surface area contributed by atoms with Gasteiger partial charge < -0.3 is 19.3 Å². The topological polar surface area (TPSA) is 90.7 Å². The molecule has 1 aromatic carbocycles. The maximum Gasteiger partial charge on any atom is 0.307 e. The summed E-state index contributed by atoms with van der Waals surface area (Å²) in [5.74, 6) is 0.524. The average Bonchev–Trinajstić information content (AvgIpc) is 3.11. The number of rotatable bonds is 9. The van der Waals surface area contributed by atoms with E-state index in [4.69, 9.17) is 14.0 Å². The zero-order chi connectivity index (χ0) is 20.7. The maximum atomic E-state index is 12.5. The van der Waals surface area contributed by atoms with Crippen LogP contribution in [0.2, 0.25) is 0 Å². The highest BCUT2D eigenvalue weighted by molar-refractivity contribution is 5.92. The van der Waals surface area contributed by atoms with Crippen LogP contribution in [-0.2, 0) is 16.1 Å². The molecular formula is C21H28N2O5. The minimum Gasteiger partial charge on any atom is -0.485 e. The number of benzene rings is 1. The van der Waals surface area contributed by atoms with E-state index in [0.29, 0.717) is 12.4 Å². The normalized spacial score (nSPS) is 11.9. The van der Waals surface area contributed by atoms with Gasteiger partial charge in [0.1, 0.15) is 12.4 Å². The first-order valence-electron chi connectivity index (χ1n) is 9.42. The van der Waals surface area contributed by atoms with Gasteiger partial charge in [-0.1, -0.05) is 31.1 Å². The van der Waals surface area contributed by atoms with Crippen LogP contribution in [0.3, 0.4) is 0 Å². The van der Waals surface area contributed by atoms with Gasteiger partial charge in [0.05, 0.1) is 13.0 Å². The predicted molar refractivity (Wildman–Crippen MR) is 104 cm³/mol. The first-order chi connectivity index (χ1) is 13.3. The molecule has 7 heteroatoms. The lowest BCUT2D eigenvalue weighted by Crippen LogP contribution is -2.40. The molecule has 0 saturated heterocycles. The van der Waals surface area contributed by atoms with E-state index in [1.165, 1.54) is 0 Å². The quantitative estimate of drug-likeness (QED) is 0.660. The highest BCUT2D eigenvalue weighted by Crippen LogP contribution is 2.20. The van der Waals surface area contributed by atoms with Gasteiger partial charge in [0.25, 0.3) is 5.91 Å². The number of hydrogen-bond acceptors (Lipinski definition) is 6. The van der Waals surface area contributed by atoms with Crippen molar-refractivity contribution in [3.8, 4) is 5.75 Å². The molecule has 0 spiro atoms. The van der Waals surface area contributed by atoms with Crippen LogP contribution in [0.4, 0.5) is 0 Å². The summed E-state index contributed by atoms with van der Waals surface area (Å²) in [5, 5.41) is 6.64. The van der Waals surface area contributed by atoms with Gasteiger partial charge in [-0.05, 0) is 43.9 Å². The number of aryl methyl sites for hydroxylation is 2. The Morgan fingerprint density at radius 1 is 1.21 bits per heavy atom. The maximum absolute atomic E-state index is 12.5. The molecule has 1 N–H and O–H groups in total. The molecule has 152 valence electrons. The Morgan fingerprint density at radius 2 is 1.96 bits per heavy atom. The minimum atomic E-state index is -0.398. The van der Waals surface area contributed by atoms with Crippen LogP contribution in [-0.4, -0.2) is 29.7 Å². The summed E-state index contributed by atoms with van der Waals surface area (Å²) in [4.78, 5) is 24.2. The Morgan fingerprint density at radius 3 is 2.64 bits per heavy atom. The Bertz CT molecular complexity index is 813. The first-order valence-corrected chi connectivity index (χ1v) is 9.42. The third-order valence-corrected chi connectivity index (χ3v) is 4.32. The van der Waals surface area contributed by atoms with Gasteiger partial charge >= 0.3 is 5.97 Å². The van der Waals surface area contributed by atoms with Gasteiger partial charge in [0.2, 0.25) is 0 Å². The summed E-state index contributed by atoms with van der Waals surface area (Å²) in [6.45, 7) is 10.0. The third-order valence-electron chi connectivity index (χ3n) is 4.32. The van der Waals surface area contributed by atoms with Gasteiger partial charge in [0, 0.05) is 12.1 Å². The number of carbonyl (C=O) groups excluding carboxylic acids is 2. The number of hydrogen-bond donors (Lipinski definition) is 1. The SMILES string of the molecule is CCOC(=O)CC(NC(=O)c1cc(COc2cc(C)ccc2C)on1)C(C)C. The molecule has 0 aliphatic heterocycles. The molecule has 0 bridgehead atoms. The molecule has 2 rings (SSSR count). The Kier molecular flexibility index (Phi) is 7.61. The second kappa shape index (κ2) is 9.92. The number of ether oxygens (including phenoxy) is 2. The fraction of sp³-hybridized carbons (Fsp3) is 0.476. The molecule has 2 aromatic rings. The summed E-state index contributed by atoms with van der Waals surface area (Å²) in [6.07, 6.45) is 0.109. The van der Waals surface area contributed by atoms with Gasteiger partial charge in [0.15, 0.2) is 11.5 Å². The smallest absolute Gasteiger partial charge is 0.307 e. The molecular weight excluding hydrogens is 360 g/mol. The van der Waals surface area contributed by atoms with Crippen LogP contribution in [0.25, 0.3) is 0 Å². The molecule has 0 radical (unpaired) electrons. The van der Waals surface area contributed by atoms with E-state index in [-0.39, 0.29) is 36.7 Å². The zero-order valence-corrected chi connectivity index (χ0v) is 17.1. The van der Waals surface area contributed by atoms with Crippen LogP contribution in [0, 0.1) is 19.8 Å². The second-order valence-electron chi connectivity index (χ2n) is 7.07. The predicted octanol–water partition coefficient (Wildman–Crippen LogP) is 3.58. The number of carbonyl (C=O) groups is 2. The molecule has 1 atom stereocenters. The van der Waals surface area contributed by atoms with Crippen LogP contribution >= 0.6 is 0 Å². The Hall–Kier alpha value is -2.83. The monoisotopic (exact) mass is 388 g/mol. The van der Waals surface area contributed by atoms with Gasteiger partial charge in [-0.15, -0.1) is 0 Å². The molecule has 0 aliphatic carbocycles. The summed E-state index contributed by atoms with van der Waals surface area (Å²) in [6, 6.07) is 7.14. The van der Waals surface area contributed by atoms with Gasteiger partial charge in [-0.2, -0.15) is 0 Å². The summed E-state index contributed by atoms with van der Waals surface area (Å²) in [7, 11) is 0. The molecule has 0 saturated carbocycles. The van der Waals surface area contributed by atoms with Gasteiger partial charge in [-0.3, -0.25) is 9.59 Å². The number of nitrogens with one attached hydrogen (secondary N) is 1. The largest absolute Gasteiger partial charge is 0.485 e. The summed E-state index contributed by atoms with van der Waals surface area (Å²) < 4.78 is 15.9. The first kappa shape index (κ1) is 21.5. The van der Waals surface area contributed by atoms with Crippen molar-refractivity contribution in [2.75, 3.05) is 6.61 Å². The second-order valence-corrected chi connectivity index (χ2v) is 7.07. The van der Waals surface area contributed by atoms with Crippen molar-refractivity contribution in [3.63, 3.8) is 0 Å². The molecule has 1 amide bonds. The molecule has 1 aromatic heterocycles. The van der Waals surface area contributed by atoms with E-state index >= 15 is 0 Å². The highest BCUT2D eigenvalue weighted by Gasteiger charge is 2.23. The molecule has 0 aliphatic rings. The minimum absolute atomic E-state index is 0.0624. The van der Waals surface area contributed by atoms with E-state index < -0.39 is 5.91 Å². The standard InChI is InChI=1S/C21H28N2O5/c1-6-26-20(24)11-17(13(2)3)22-21(25)18-10-16(28-23-18)12-27-19-9-14(4)7-8-15(19)5/h7-10,13,17H,6,11-12H2,1-5H3,(H,22,25). The molecule has 1 heterocycles. The molecule has 1 unspecified atom stereocenters. The third kappa shape index (κ3) is 6.11. The van der Waals surface area contributed by atoms with E-state index in [0.717, 1.165) is 16.9 Å². The number of aromatic nitrogens is 1. The number of amides is 1. The highest BCUT2D eigenvalue weighted by atomic mass is 16.5. The van der Waals surface area contributed by atoms with Crippen molar-refractivity contribution in [1.29, 1.82) is 0 Å². The fourth-order valence-electron chi connectivity index (χ4n) is 2.59. The summed E-state index contributed by atoms with van der Waals surface area (Å²) in [5.41, 5.74) is 2.26. The van der Waals surface area contributed by atoms with E-state index in [1.807, 2.05) is 45.9 Å². The average molecular weight is 388 g/mol. The van der Waals surface area contributed by atoms with Crippen LogP contribution in [0.1, 0.15) is 54.6 Å². The van der Waals surface area contributed by atoms with Crippen LogP contribution < -0.4 is 10.1 Å². The lowest BCUT2D eigenvalue weighted by molar-refractivity contribution is -0.143. The lowest BCUT2D eigenvalue weighted by atomic mass is 10.0. The van der Waals surface area contributed by atoms with Crippen molar-refractivity contribution < 1.29 is 23.6 Å². The molecule has 7 nitrogen and oxygen atoms in total. The number of nitrogens with zero attached hydrogens (tertiary/aromatic N) is 1. The van der Waals surface area contributed by atoms with E-state index in [9.17, 15) is 9.59 Å².